The second kappa shape index (κ2) is 3.12. The Balaban J connectivity index is 3.12. The van der Waals surface area contributed by atoms with Gasteiger partial charge in [0.05, 0.1) is 12.0 Å². The molecule has 0 atom stereocenters. The van der Waals surface area contributed by atoms with E-state index in [9.17, 15) is 14.5 Å². The summed E-state index contributed by atoms with van der Waals surface area (Å²) in [5, 5.41) is 10.1. The van der Waals surface area contributed by atoms with Gasteiger partial charge in [-0.2, -0.15) is 9.37 Å². The fourth-order valence-corrected chi connectivity index (χ4v) is 0.660. The van der Waals surface area contributed by atoms with Crippen LogP contribution in [0.4, 0.5) is 10.1 Å². The van der Waals surface area contributed by atoms with Crippen LogP contribution in [0.1, 0.15) is 0 Å². The van der Waals surface area contributed by atoms with E-state index in [1.54, 1.807) is 0 Å². The summed E-state index contributed by atoms with van der Waals surface area (Å²) < 4.78 is 17.2. The molecular formula is C6H5FN2O3. The van der Waals surface area contributed by atoms with Crippen LogP contribution in [-0.2, 0) is 0 Å². The lowest BCUT2D eigenvalue weighted by Crippen LogP contribution is -1.96. The number of pyridine rings is 1. The molecule has 0 saturated carbocycles. The maximum atomic E-state index is 12.7. The van der Waals surface area contributed by atoms with Gasteiger partial charge in [-0.15, -0.1) is 0 Å². The van der Waals surface area contributed by atoms with E-state index in [1.807, 2.05) is 0 Å². The number of nitro groups is 1. The van der Waals surface area contributed by atoms with Crippen molar-refractivity contribution in [2.45, 2.75) is 0 Å². The molecule has 0 spiro atoms. The summed E-state index contributed by atoms with van der Waals surface area (Å²) in [7, 11) is 1.30. The predicted molar refractivity (Wildman–Crippen MR) is 37.4 cm³/mol. The molecular weight excluding hydrogens is 167 g/mol. The van der Waals surface area contributed by atoms with Crippen molar-refractivity contribution in [3.8, 4) is 5.88 Å². The van der Waals surface area contributed by atoms with Gasteiger partial charge in [0.1, 0.15) is 0 Å². The van der Waals surface area contributed by atoms with Crippen LogP contribution in [0, 0.1) is 16.1 Å². The molecule has 5 nitrogen and oxygen atoms in total. The Morgan fingerprint density at radius 2 is 2.33 bits per heavy atom. The van der Waals surface area contributed by atoms with Crippen LogP contribution in [0.3, 0.4) is 0 Å². The lowest BCUT2D eigenvalue weighted by molar-refractivity contribution is -0.388. The van der Waals surface area contributed by atoms with Gasteiger partial charge in [-0.05, 0) is 0 Å². The van der Waals surface area contributed by atoms with E-state index in [0.717, 1.165) is 6.07 Å². The SMILES string of the molecule is COc1ccc([N+](=O)[O-])c(F)n1. The smallest absolute Gasteiger partial charge is 0.324 e. The number of aromatic nitrogens is 1. The lowest BCUT2D eigenvalue weighted by Gasteiger charge is -1.97. The number of nitrogens with zero attached hydrogens (tertiary/aromatic N) is 2. The van der Waals surface area contributed by atoms with Crippen molar-refractivity contribution in [3.63, 3.8) is 0 Å². The molecule has 0 radical (unpaired) electrons. The van der Waals surface area contributed by atoms with Crippen LogP contribution in [-0.4, -0.2) is 17.0 Å². The molecule has 1 aromatic rings. The average molecular weight is 172 g/mol. The third-order valence-corrected chi connectivity index (χ3v) is 1.21. The number of hydrogen-bond acceptors (Lipinski definition) is 4. The maximum Gasteiger partial charge on any atom is 0.324 e. The quantitative estimate of drug-likeness (QED) is 0.381. The number of halogens is 1. The van der Waals surface area contributed by atoms with Crippen molar-refractivity contribution in [1.29, 1.82) is 0 Å². The van der Waals surface area contributed by atoms with Crippen molar-refractivity contribution in [2.24, 2.45) is 0 Å². The van der Waals surface area contributed by atoms with Gasteiger partial charge >= 0.3 is 5.69 Å². The summed E-state index contributed by atoms with van der Waals surface area (Å²) in [6.45, 7) is 0. The molecule has 1 aromatic heterocycles. The van der Waals surface area contributed by atoms with E-state index >= 15 is 0 Å². The van der Waals surface area contributed by atoms with Crippen LogP contribution in [0.15, 0.2) is 12.1 Å². The number of ether oxygens (including phenoxy) is 1. The van der Waals surface area contributed by atoms with Gasteiger partial charge in [0.15, 0.2) is 0 Å². The first-order valence-corrected chi connectivity index (χ1v) is 3.00. The molecule has 64 valence electrons. The summed E-state index contributed by atoms with van der Waals surface area (Å²) in [5.41, 5.74) is -0.657. The van der Waals surface area contributed by atoms with Gasteiger partial charge in [0, 0.05) is 12.1 Å². The van der Waals surface area contributed by atoms with Crippen LogP contribution in [0.5, 0.6) is 5.88 Å². The zero-order valence-electron chi connectivity index (χ0n) is 6.15. The normalized spacial score (nSPS) is 9.50. The first kappa shape index (κ1) is 8.38. The number of rotatable bonds is 2. The summed E-state index contributed by atoms with van der Waals surface area (Å²) >= 11 is 0. The molecule has 12 heavy (non-hydrogen) atoms. The van der Waals surface area contributed by atoms with Gasteiger partial charge in [0.25, 0.3) is 5.95 Å². The van der Waals surface area contributed by atoms with E-state index in [1.165, 1.54) is 13.2 Å². The molecule has 0 amide bonds. The predicted octanol–water partition coefficient (Wildman–Crippen LogP) is 1.14. The third kappa shape index (κ3) is 1.47. The maximum absolute atomic E-state index is 12.7. The van der Waals surface area contributed by atoms with E-state index in [4.69, 9.17) is 0 Å². The number of methoxy groups -OCH3 is 1. The highest BCUT2D eigenvalue weighted by molar-refractivity contribution is 5.30. The molecule has 0 aliphatic rings. The van der Waals surface area contributed by atoms with E-state index in [-0.39, 0.29) is 5.88 Å². The molecule has 0 saturated heterocycles. The first-order valence-electron chi connectivity index (χ1n) is 3.00. The minimum atomic E-state index is -1.14. The molecule has 0 fully saturated rings. The van der Waals surface area contributed by atoms with E-state index in [0.29, 0.717) is 0 Å². The molecule has 0 aliphatic carbocycles. The van der Waals surface area contributed by atoms with E-state index < -0.39 is 16.6 Å². The fourth-order valence-electron chi connectivity index (χ4n) is 0.660. The first-order chi connectivity index (χ1) is 5.65. The highest BCUT2D eigenvalue weighted by Gasteiger charge is 2.15. The Bertz CT molecular complexity index is 316. The summed E-state index contributed by atoms with van der Waals surface area (Å²) in [6, 6.07) is 2.22. The molecule has 1 heterocycles. The third-order valence-electron chi connectivity index (χ3n) is 1.21. The molecule has 6 heteroatoms. The minimum Gasteiger partial charge on any atom is -0.481 e. The van der Waals surface area contributed by atoms with Gasteiger partial charge < -0.3 is 4.74 Å². The molecule has 1 rings (SSSR count). The van der Waals surface area contributed by atoms with Gasteiger partial charge in [-0.25, -0.2) is 0 Å². The van der Waals surface area contributed by atoms with Crippen LogP contribution >= 0.6 is 0 Å². The average Bonchev–Trinajstić information content (AvgIpc) is 2.03. The van der Waals surface area contributed by atoms with Crippen molar-refractivity contribution >= 4 is 5.69 Å². The van der Waals surface area contributed by atoms with Gasteiger partial charge in [-0.1, -0.05) is 0 Å². The molecule has 0 unspecified atom stereocenters. The number of hydrogen-bond donors (Lipinski definition) is 0. The fraction of sp³-hybridized carbons (Fsp3) is 0.167. The Hall–Kier alpha value is -1.72. The topological polar surface area (TPSA) is 65.3 Å². The van der Waals surface area contributed by atoms with Crippen LogP contribution in [0.2, 0.25) is 0 Å². The zero-order chi connectivity index (χ0) is 9.14. The summed E-state index contributed by atoms with van der Waals surface area (Å²) in [6.07, 6.45) is 0. The molecule has 0 N–H and O–H groups in total. The second-order valence-electron chi connectivity index (χ2n) is 1.92. The lowest BCUT2D eigenvalue weighted by atomic mass is 10.4. The van der Waals surface area contributed by atoms with Crippen molar-refractivity contribution in [2.75, 3.05) is 7.11 Å². The Morgan fingerprint density at radius 1 is 1.67 bits per heavy atom. The van der Waals surface area contributed by atoms with Crippen molar-refractivity contribution in [1.82, 2.24) is 4.98 Å². The zero-order valence-corrected chi connectivity index (χ0v) is 6.15. The summed E-state index contributed by atoms with van der Waals surface area (Å²) in [4.78, 5) is 12.4. The summed E-state index contributed by atoms with van der Waals surface area (Å²) in [5.74, 6) is -1.13. The molecule has 0 aliphatic heterocycles. The Labute approximate surface area is 66.9 Å². The Kier molecular flexibility index (Phi) is 2.18. The standard InChI is InChI=1S/C6H5FN2O3/c1-12-5-3-2-4(9(10)11)6(7)8-5/h2-3H,1H3. The van der Waals surface area contributed by atoms with Crippen molar-refractivity contribution < 1.29 is 14.1 Å². The van der Waals surface area contributed by atoms with Crippen LogP contribution < -0.4 is 4.74 Å². The second-order valence-corrected chi connectivity index (χ2v) is 1.92. The highest BCUT2D eigenvalue weighted by Crippen LogP contribution is 2.17. The van der Waals surface area contributed by atoms with Crippen LogP contribution in [0.25, 0.3) is 0 Å². The van der Waals surface area contributed by atoms with Crippen molar-refractivity contribution in [3.05, 3.63) is 28.2 Å². The van der Waals surface area contributed by atoms with Gasteiger partial charge in [0.2, 0.25) is 5.88 Å². The Morgan fingerprint density at radius 3 is 2.75 bits per heavy atom. The van der Waals surface area contributed by atoms with Gasteiger partial charge in [-0.3, -0.25) is 10.1 Å². The minimum absolute atomic E-state index is 0.0121. The van der Waals surface area contributed by atoms with E-state index in [2.05, 4.69) is 9.72 Å². The molecule has 0 aromatic carbocycles. The largest absolute Gasteiger partial charge is 0.481 e. The highest BCUT2D eigenvalue weighted by atomic mass is 19.1. The molecule has 0 bridgehead atoms. The monoisotopic (exact) mass is 172 g/mol.